The van der Waals surface area contributed by atoms with E-state index < -0.39 is 0 Å². The minimum Gasteiger partial charge on any atom is -0.491 e. The molecule has 0 unspecified atom stereocenters. The van der Waals surface area contributed by atoms with Gasteiger partial charge in [0.05, 0.1) is 99.1 Å². The van der Waals surface area contributed by atoms with E-state index in [0.29, 0.717) is 106 Å². The van der Waals surface area contributed by atoms with E-state index in [4.69, 9.17) is 42.6 Å². The zero-order valence-corrected chi connectivity index (χ0v) is 30.2. The van der Waals surface area contributed by atoms with Gasteiger partial charge in [-0.3, -0.25) is 0 Å². The van der Waals surface area contributed by atoms with Gasteiger partial charge in [-0.15, -0.1) is 0 Å². The molecule has 276 valence electrons. The van der Waals surface area contributed by atoms with Crippen molar-refractivity contribution in [1.29, 1.82) is 0 Å². The fourth-order valence-electron chi connectivity index (χ4n) is 4.71. The Hall–Kier alpha value is -1.30. The quantitative estimate of drug-likeness (QED) is 0.0663. The molecule has 0 spiro atoms. The highest BCUT2D eigenvalue weighted by Gasteiger charge is 1.99. The van der Waals surface area contributed by atoms with Crippen LogP contribution in [-0.2, 0) is 44.3 Å². The SMILES string of the molecule is CCCCCCCCOCCOCCOCCOCCOCCOCCOCCOCCOc1ccc(CCCCCCCC)cc1. The van der Waals surface area contributed by atoms with Crippen molar-refractivity contribution in [2.45, 2.75) is 97.3 Å². The van der Waals surface area contributed by atoms with Crippen molar-refractivity contribution in [2.24, 2.45) is 0 Å². The third kappa shape index (κ3) is 33.0. The fraction of sp³-hybridized carbons (Fsp3) is 0.842. The molecule has 0 heterocycles. The van der Waals surface area contributed by atoms with Gasteiger partial charge >= 0.3 is 0 Å². The Morgan fingerprint density at radius 3 is 1.04 bits per heavy atom. The lowest BCUT2D eigenvalue weighted by atomic mass is 10.0. The van der Waals surface area contributed by atoms with Crippen molar-refractivity contribution < 1.29 is 42.6 Å². The zero-order chi connectivity index (χ0) is 33.6. The maximum absolute atomic E-state index is 5.78. The molecule has 1 aromatic rings. The van der Waals surface area contributed by atoms with Crippen molar-refractivity contribution in [3.63, 3.8) is 0 Å². The van der Waals surface area contributed by atoms with E-state index in [1.807, 2.05) is 0 Å². The largest absolute Gasteiger partial charge is 0.491 e. The lowest BCUT2D eigenvalue weighted by Gasteiger charge is -2.09. The Balaban J connectivity index is 1.70. The molecule has 0 saturated heterocycles. The summed E-state index contributed by atoms with van der Waals surface area (Å²) in [6.45, 7) is 14.2. The molecular weight excluding hydrogens is 600 g/mol. The number of ether oxygens (including phenoxy) is 9. The number of unbranched alkanes of at least 4 members (excludes halogenated alkanes) is 10. The standard InChI is InChI=1S/C38H70O9/c1-3-5-7-9-11-13-15-37-16-18-38(19-17-37)47-36-35-46-34-33-45-32-31-44-30-29-43-28-27-42-26-25-41-24-23-40-22-21-39-20-14-12-10-8-6-4-2/h16-19H,3-15,20-36H2,1-2H3. The number of hydrogen-bond donors (Lipinski definition) is 0. The molecule has 0 atom stereocenters. The predicted octanol–water partition coefficient (Wildman–Crippen LogP) is 7.46. The first kappa shape index (κ1) is 43.7. The molecule has 0 fully saturated rings. The maximum atomic E-state index is 5.78. The van der Waals surface area contributed by atoms with Crippen LogP contribution < -0.4 is 4.74 Å². The van der Waals surface area contributed by atoms with Gasteiger partial charge in [0.15, 0.2) is 0 Å². The summed E-state index contributed by atoms with van der Waals surface area (Å²) in [6.07, 6.45) is 16.8. The molecule has 0 radical (unpaired) electrons. The molecule has 0 saturated carbocycles. The first-order valence-corrected chi connectivity index (χ1v) is 18.7. The van der Waals surface area contributed by atoms with Crippen molar-refractivity contribution in [3.05, 3.63) is 29.8 Å². The van der Waals surface area contributed by atoms with Crippen LogP contribution in [0.2, 0.25) is 0 Å². The molecule has 1 aromatic carbocycles. The van der Waals surface area contributed by atoms with Gasteiger partial charge in [0.1, 0.15) is 12.4 Å². The first-order valence-electron chi connectivity index (χ1n) is 18.7. The van der Waals surface area contributed by atoms with Gasteiger partial charge in [0, 0.05) is 6.61 Å². The summed E-state index contributed by atoms with van der Waals surface area (Å²) in [6, 6.07) is 8.46. The monoisotopic (exact) mass is 671 g/mol. The van der Waals surface area contributed by atoms with Gasteiger partial charge in [0.25, 0.3) is 0 Å². The van der Waals surface area contributed by atoms with Crippen LogP contribution in [-0.4, -0.2) is 112 Å². The van der Waals surface area contributed by atoms with E-state index in [2.05, 4.69) is 38.1 Å². The molecular formula is C38H70O9. The van der Waals surface area contributed by atoms with Crippen molar-refractivity contribution in [3.8, 4) is 5.75 Å². The normalized spacial score (nSPS) is 11.4. The van der Waals surface area contributed by atoms with Gasteiger partial charge in [-0.25, -0.2) is 0 Å². The minimum absolute atomic E-state index is 0.532. The second-order valence-electron chi connectivity index (χ2n) is 11.7. The molecule has 0 N–H and O–H groups in total. The van der Waals surface area contributed by atoms with Gasteiger partial charge in [-0.1, -0.05) is 90.2 Å². The molecule has 1 rings (SSSR count). The average Bonchev–Trinajstić information content (AvgIpc) is 3.09. The second kappa shape index (κ2) is 37.5. The van der Waals surface area contributed by atoms with Crippen molar-refractivity contribution in [1.82, 2.24) is 0 Å². The minimum atomic E-state index is 0.532. The highest BCUT2D eigenvalue weighted by molar-refractivity contribution is 5.27. The van der Waals surface area contributed by atoms with Crippen LogP contribution in [0.25, 0.3) is 0 Å². The van der Waals surface area contributed by atoms with Crippen LogP contribution >= 0.6 is 0 Å². The summed E-state index contributed by atoms with van der Waals surface area (Å²) < 4.78 is 50.1. The Morgan fingerprint density at radius 1 is 0.319 bits per heavy atom. The predicted molar refractivity (Wildman–Crippen MR) is 189 cm³/mol. The first-order chi connectivity index (χ1) is 23.4. The number of rotatable bonds is 39. The Morgan fingerprint density at radius 2 is 0.638 bits per heavy atom. The maximum Gasteiger partial charge on any atom is 0.119 e. The molecule has 0 aliphatic heterocycles. The topological polar surface area (TPSA) is 83.1 Å². The fourth-order valence-corrected chi connectivity index (χ4v) is 4.71. The van der Waals surface area contributed by atoms with Crippen molar-refractivity contribution in [2.75, 3.05) is 112 Å². The molecule has 0 bridgehead atoms. The molecule has 0 aromatic heterocycles. The van der Waals surface area contributed by atoms with Crippen LogP contribution in [0.4, 0.5) is 0 Å². The van der Waals surface area contributed by atoms with E-state index in [-0.39, 0.29) is 0 Å². The summed E-state index contributed by atoms with van der Waals surface area (Å²) in [5.74, 6) is 0.892. The Bertz CT molecular complexity index is 720. The summed E-state index contributed by atoms with van der Waals surface area (Å²) in [4.78, 5) is 0. The lowest BCUT2D eigenvalue weighted by Crippen LogP contribution is -2.15. The Labute approximate surface area is 287 Å². The van der Waals surface area contributed by atoms with Gasteiger partial charge in [0.2, 0.25) is 0 Å². The van der Waals surface area contributed by atoms with Crippen LogP contribution in [0.5, 0.6) is 5.75 Å². The molecule has 47 heavy (non-hydrogen) atoms. The van der Waals surface area contributed by atoms with E-state index in [0.717, 1.165) is 25.2 Å². The van der Waals surface area contributed by atoms with Gasteiger partial charge in [-0.2, -0.15) is 0 Å². The summed E-state index contributed by atoms with van der Waals surface area (Å²) in [5, 5.41) is 0. The van der Waals surface area contributed by atoms with Gasteiger partial charge < -0.3 is 42.6 Å². The smallest absolute Gasteiger partial charge is 0.119 e. The molecule has 9 nitrogen and oxygen atoms in total. The highest BCUT2D eigenvalue weighted by atomic mass is 16.6. The van der Waals surface area contributed by atoms with Gasteiger partial charge in [-0.05, 0) is 37.0 Å². The van der Waals surface area contributed by atoms with E-state index in [9.17, 15) is 0 Å². The Kier molecular flexibility index (Phi) is 34.9. The summed E-state index contributed by atoms with van der Waals surface area (Å²) in [7, 11) is 0. The number of aryl methyl sites for hydroxylation is 1. The lowest BCUT2D eigenvalue weighted by molar-refractivity contribution is -0.0236. The van der Waals surface area contributed by atoms with E-state index in [1.54, 1.807) is 0 Å². The van der Waals surface area contributed by atoms with Crippen LogP contribution in [0, 0.1) is 0 Å². The third-order valence-electron chi connectivity index (χ3n) is 7.49. The highest BCUT2D eigenvalue weighted by Crippen LogP contribution is 2.15. The number of benzene rings is 1. The molecule has 0 amide bonds. The average molecular weight is 671 g/mol. The van der Waals surface area contributed by atoms with Crippen LogP contribution in [0.1, 0.15) is 96.5 Å². The summed E-state index contributed by atoms with van der Waals surface area (Å²) >= 11 is 0. The third-order valence-corrected chi connectivity index (χ3v) is 7.49. The van der Waals surface area contributed by atoms with E-state index in [1.165, 1.54) is 76.2 Å². The zero-order valence-electron chi connectivity index (χ0n) is 30.2. The molecule has 0 aliphatic rings. The van der Waals surface area contributed by atoms with E-state index >= 15 is 0 Å². The summed E-state index contributed by atoms with van der Waals surface area (Å²) in [5.41, 5.74) is 1.38. The van der Waals surface area contributed by atoms with Crippen molar-refractivity contribution >= 4 is 0 Å². The second-order valence-corrected chi connectivity index (χ2v) is 11.7. The molecule has 0 aliphatic carbocycles. The van der Waals surface area contributed by atoms with Crippen LogP contribution in [0.3, 0.4) is 0 Å². The molecule has 9 heteroatoms. The number of hydrogen-bond acceptors (Lipinski definition) is 9. The van der Waals surface area contributed by atoms with Crippen LogP contribution in [0.15, 0.2) is 24.3 Å².